The van der Waals surface area contributed by atoms with Crippen molar-refractivity contribution in [2.45, 2.75) is 13.2 Å². The van der Waals surface area contributed by atoms with Crippen molar-refractivity contribution in [2.75, 3.05) is 25.8 Å². The third-order valence-electron chi connectivity index (χ3n) is 3.10. The molecule has 0 aliphatic carbocycles. The Balaban J connectivity index is 2.04. The summed E-state index contributed by atoms with van der Waals surface area (Å²) in [5.41, 5.74) is 1.38. The summed E-state index contributed by atoms with van der Waals surface area (Å²) in [6.07, 6.45) is 2.33. The summed E-state index contributed by atoms with van der Waals surface area (Å²) in [7, 11) is -0.337. The van der Waals surface area contributed by atoms with Crippen LogP contribution < -0.4 is 14.8 Å². The molecule has 1 heterocycles. The minimum atomic E-state index is -3.52. The van der Waals surface area contributed by atoms with E-state index in [2.05, 4.69) is 15.3 Å². The molecule has 0 bridgehead atoms. The van der Waals surface area contributed by atoms with Gasteiger partial charge in [0.1, 0.15) is 30.3 Å². The zero-order chi connectivity index (χ0) is 17.6. The highest BCUT2D eigenvalue weighted by molar-refractivity contribution is 7.85. The molecular weight excluding hydrogens is 334 g/mol. The lowest BCUT2D eigenvalue weighted by Gasteiger charge is -2.12. The van der Waals surface area contributed by atoms with Crippen molar-refractivity contribution in [3.8, 4) is 11.5 Å². The number of nitrogens with one attached hydrogen (secondary N) is 1. The Hall–Kier alpha value is -2.39. The predicted molar refractivity (Wildman–Crippen MR) is 88.5 cm³/mol. The van der Waals surface area contributed by atoms with Crippen molar-refractivity contribution in [2.24, 2.45) is 0 Å². The number of benzene rings is 1. The summed E-state index contributed by atoms with van der Waals surface area (Å²) < 4.78 is 37.2. The number of hydrogen-bond donors (Lipinski definition) is 1. The highest BCUT2D eigenvalue weighted by Gasteiger charge is 2.07. The van der Waals surface area contributed by atoms with Crippen LogP contribution >= 0.6 is 0 Å². The van der Waals surface area contributed by atoms with Crippen LogP contribution in [-0.4, -0.2) is 38.9 Å². The van der Waals surface area contributed by atoms with Gasteiger partial charge in [0.05, 0.1) is 26.2 Å². The van der Waals surface area contributed by atoms with Gasteiger partial charge in [0.2, 0.25) is 0 Å². The van der Waals surface area contributed by atoms with Gasteiger partial charge >= 0.3 is 0 Å². The van der Waals surface area contributed by atoms with Crippen LogP contribution in [0.1, 0.15) is 11.3 Å². The second kappa shape index (κ2) is 7.93. The van der Waals surface area contributed by atoms with Crippen molar-refractivity contribution in [3.05, 3.63) is 41.9 Å². The highest BCUT2D eigenvalue weighted by Crippen LogP contribution is 2.25. The molecule has 1 N–H and O–H groups in total. The van der Waals surface area contributed by atoms with Crippen LogP contribution in [0.3, 0.4) is 0 Å². The van der Waals surface area contributed by atoms with Gasteiger partial charge in [0.25, 0.3) is 10.1 Å². The molecule has 0 aliphatic rings. The molecule has 8 nitrogen and oxygen atoms in total. The summed E-state index contributed by atoms with van der Waals surface area (Å²) in [5.74, 6) is 1.95. The van der Waals surface area contributed by atoms with E-state index in [1.807, 2.05) is 12.1 Å². The van der Waals surface area contributed by atoms with E-state index in [4.69, 9.17) is 13.7 Å². The van der Waals surface area contributed by atoms with Gasteiger partial charge in [-0.25, -0.2) is 9.97 Å². The van der Waals surface area contributed by atoms with Crippen LogP contribution in [0, 0.1) is 0 Å². The molecule has 0 spiro atoms. The molecule has 0 saturated heterocycles. The van der Waals surface area contributed by atoms with Crippen LogP contribution in [0.4, 0.5) is 5.82 Å². The lowest BCUT2D eigenvalue weighted by Crippen LogP contribution is -2.07. The van der Waals surface area contributed by atoms with Crippen LogP contribution in [0.25, 0.3) is 0 Å². The monoisotopic (exact) mass is 353 g/mol. The van der Waals surface area contributed by atoms with E-state index < -0.39 is 10.1 Å². The Kier molecular flexibility index (Phi) is 5.93. The second-order valence-electron chi connectivity index (χ2n) is 4.89. The molecule has 0 fully saturated rings. The second-order valence-corrected chi connectivity index (χ2v) is 6.54. The number of methoxy groups -OCH3 is 2. The largest absolute Gasteiger partial charge is 0.497 e. The van der Waals surface area contributed by atoms with Gasteiger partial charge in [-0.15, -0.1) is 0 Å². The fraction of sp³-hybridized carbons (Fsp3) is 0.333. The Morgan fingerprint density at radius 2 is 1.92 bits per heavy atom. The molecule has 2 rings (SSSR count). The van der Waals surface area contributed by atoms with Crippen LogP contribution in [0.5, 0.6) is 11.5 Å². The number of anilines is 1. The summed E-state index contributed by atoms with van der Waals surface area (Å²) in [6, 6.07) is 7.15. The van der Waals surface area contributed by atoms with E-state index in [1.54, 1.807) is 26.4 Å². The van der Waals surface area contributed by atoms with Crippen LogP contribution in [0.15, 0.2) is 30.6 Å². The molecule has 24 heavy (non-hydrogen) atoms. The number of rotatable bonds is 8. The third-order valence-corrected chi connectivity index (χ3v) is 3.64. The lowest BCUT2D eigenvalue weighted by molar-refractivity contribution is 0.307. The minimum Gasteiger partial charge on any atom is -0.497 e. The Morgan fingerprint density at radius 1 is 1.12 bits per heavy atom. The van der Waals surface area contributed by atoms with Gasteiger partial charge in [-0.05, 0) is 12.1 Å². The van der Waals surface area contributed by atoms with Gasteiger partial charge in [0, 0.05) is 24.2 Å². The SMILES string of the molecule is COc1ccc(CNc2cc(COS(C)(=O)=O)ncn2)c(OC)c1. The first kappa shape index (κ1) is 18.0. The topological polar surface area (TPSA) is 99.6 Å². The van der Waals surface area contributed by atoms with E-state index in [0.717, 1.165) is 11.8 Å². The smallest absolute Gasteiger partial charge is 0.264 e. The van der Waals surface area contributed by atoms with E-state index in [-0.39, 0.29) is 6.61 Å². The minimum absolute atomic E-state index is 0.137. The van der Waals surface area contributed by atoms with Crippen LogP contribution in [-0.2, 0) is 27.5 Å². The maximum absolute atomic E-state index is 11.0. The molecule has 0 aliphatic heterocycles. The fourth-order valence-electron chi connectivity index (χ4n) is 1.92. The summed E-state index contributed by atoms with van der Waals surface area (Å²) >= 11 is 0. The van der Waals surface area contributed by atoms with E-state index in [0.29, 0.717) is 29.6 Å². The van der Waals surface area contributed by atoms with Crippen molar-refractivity contribution in [1.82, 2.24) is 9.97 Å². The average Bonchev–Trinajstić information content (AvgIpc) is 2.57. The molecule has 0 saturated carbocycles. The predicted octanol–water partition coefficient (Wildman–Crippen LogP) is 1.58. The lowest BCUT2D eigenvalue weighted by atomic mass is 10.2. The van der Waals surface area contributed by atoms with Gasteiger partial charge in [-0.3, -0.25) is 4.18 Å². The summed E-state index contributed by atoms with van der Waals surface area (Å²) in [6.45, 7) is 0.332. The Labute approximate surface area is 140 Å². The standard InChI is InChI=1S/C15H19N3O5S/c1-21-13-5-4-11(14(7-13)22-2)8-16-15-6-12(17-10-18-15)9-23-24(3,19)20/h4-7,10H,8-9H2,1-3H3,(H,16,17,18). The summed E-state index contributed by atoms with van der Waals surface area (Å²) in [5, 5.41) is 3.13. The zero-order valence-corrected chi connectivity index (χ0v) is 14.5. The van der Waals surface area contributed by atoms with E-state index in [1.165, 1.54) is 6.33 Å². The van der Waals surface area contributed by atoms with Crippen molar-refractivity contribution in [1.29, 1.82) is 0 Å². The Bertz CT molecular complexity index is 795. The van der Waals surface area contributed by atoms with Gasteiger partial charge in [-0.2, -0.15) is 8.42 Å². The van der Waals surface area contributed by atoms with Crippen molar-refractivity contribution in [3.63, 3.8) is 0 Å². The van der Waals surface area contributed by atoms with E-state index >= 15 is 0 Å². The normalized spacial score (nSPS) is 11.1. The molecule has 0 atom stereocenters. The first-order chi connectivity index (χ1) is 11.4. The fourth-order valence-corrected chi connectivity index (χ4v) is 2.26. The number of ether oxygens (including phenoxy) is 2. The van der Waals surface area contributed by atoms with Gasteiger partial charge in [0.15, 0.2) is 0 Å². The number of hydrogen-bond acceptors (Lipinski definition) is 8. The molecule has 130 valence electrons. The maximum Gasteiger partial charge on any atom is 0.264 e. The molecule has 0 radical (unpaired) electrons. The third kappa shape index (κ3) is 5.36. The highest BCUT2D eigenvalue weighted by atomic mass is 32.2. The number of aromatic nitrogens is 2. The number of nitrogens with zero attached hydrogens (tertiary/aromatic N) is 2. The molecule has 0 unspecified atom stereocenters. The zero-order valence-electron chi connectivity index (χ0n) is 13.6. The molecule has 0 amide bonds. The Morgan fingerprint density at radius 3 is 2.58 bits per heavy atom. The average molecular weight is 353 g/mol. The quantitative estimate of drug-likeness (QED) is 0.714. The molecule has 1 aromatic carbocycles. The van der Waals surface area contributed by atoms with Gasteiger partial charge < -0.3 is 14.8 Å². The van der Waals surface area contributed by atoms with Crippen molar-refractivity contribution >= 4 is 15.9 Å². The molecular formula is C15H19N3O5S. The first-order valence-corrected chi connectivity index (χ1v) is 8.83. The summed E-state index contributed by atoms with van der Waals surface area (Å²) in [4.78, 5) is 8.07. The molecule has 2 aromatic rings. The van der Waals surface area contributed by atoms with Crippen molar-refractivity contribution < 1.29 is 22.1 Å². The van der Waals surface area contributed by atoms with Gasteiger partial charge in [-0.1, -0.05) is 0 Å². The van der Waals surface area contributed by atoms with Crippen LogP contribution in [0.2, 0.25) is 0 Å². The first-order valence-electron chi connectivity index (χ1n) is 7.01. The maximum atomic E-state index is 11.0. The molecule has 9 heteroatoms. The van der Waals surface area contributed by atoms with E-state index in [9.17, 15) is 8.42 Å². The molecule has 1 aromatic heterocycles.